The lowest BCUT2D eigenvalue weighted by molar-refractivity contribution is 0.0488. The number of hydrogen-bond donors (Lipinski definition) is 1. The van der Waals surface area contributed by atoms with Gasteiger partial charge in [0, 0.05) is 31.2 Å². The third-order valence-corrected chi connectivity index (χ3v) is 4.68. The van der Waals surface area contributed by atoms with Gasteiger partial charge in [0.05, 0.1) is 0 Å². The highest BCUT2D eigenvalue weighted by Crippen LogP contribution is 2.33. The van der Waals surface area contributed by atoms with Crippen LogP contribution in [-0.2, 0) is 6.42 Å². The average molecular weight is 290 g/mol. The molecule has 2 heterocycles. The molecule has 1 unspecified atom stereocenters. The van der Waals surface area contributed by atoms with Gasteiger partial charge < -0.3 is 14.8 Å². The highest BCUT2D eigenvalue weighted by Gasteiger charge is 2.32. The average Bonchev–Trinajstić information content (AvgIpc) is 2.91. The second kappa shape index (κ2) is 5.85. The van der Waals surface area contributed by atoms with Crippen LogP contribution in [0, 0.1) is 0 Å². The van der Waals surface area contributed by atoms with E-state index in [1.165, 1.54) is 12.0 Å². The third-order valence-electron chi connectivity index (χ3n) is 4.68. The maximum atomic E-state index is 5.45. The molecule has 0 aromatic heterocycles. The zero-order valence-electron chi connectivity index (χ0n) is 13.3. The minimum Gasteiger partial charge on any atom is -0.454 e. The second-order valence-electron chi connectivity index (χ2n) is 6.76. The number of hydrogen-bond acceptors (Lipinski definition) is 4. The summed E-state index contributed by atoms with van der Waals surface area (Å²) in [5.74, 6) is 1.76. The minimum atomic E-state index is 0.243. The summed E-state index contributed by atoms with van der Waals surface area (Å²) >= 11 is 0. The van der Waals surface area contributed by atoms with Crippen molar-refractivity contribution in [1.82, 2.24) is 10.2 Å². The lowest BCUT2D eigenvalue weighted by Crippen LogP contribution is -2.60. The van der Waals surface area contributed by atoms with Gasteiger partial charge >= 0.3 is 0 Å². The zero-order chi connectivity index (χ0) is 14.9. The molecule has 1 saturated heterocycles. The Balaban J connectivity index is 1.59. The van der Waals surface area contributed by atoms with Crippen LogP contribution in [0.3, 0.4) is 0 Å². The van der Waals surface area contributed by atoms with Gasteiger partial charge in [-0.3, -0.25) is 4.90 Å². The first-order valence-corrected chi connectivity index (χ1v) is 7.92. The van der Waals surface area contributed by atoms with Crippen molar-refractivity contribution < 1.29 is 9.47 Å². The van der Waals surface area contributed by atoms with Gasteiger partial charge in [0.1, 0.15) is 0 Å². The third kappa shape index (κ3) is 3.16. The van der Waals surface area contributed by atoms with Crippen molar-refractivity contribution in [3.8, 4) is 11.5 Å². The van der Waals surface area contributed by atoms with Gasteiger partial charge in [-0.15, -0.1) is 0 Å². The molecule has 4 nitrogen and oxygen atoms in total. The molecular formula is C17H26N2O2. The zero-order valence-corrected chi connectivity index (χ0v) is 13.3. The van der Waals surface area contributed by atoms with E-state index in [1.54, 1.807) is 0 Å². The van der Waals surface area contributed by atoms with E-state index in [4.69, 9.17) is 9.47 Å². The molecule has 1 N–H and O–H groups in total. The van der Waals surface area contributed by atoms with Gasteiger partial charge in [0.25, 0.3) is 0 Å². The molecule has 0 spiro atoms. The summed E-state index contributed by atoms with van der Waals surface area (Å²) in [6.45, 7) is 10.7. The molecule has 2 aliphatic rings. The molecule has 3 rings (SSSR count). The Hall–Kier alpha value is -1.26. The Morgan fingerprint density at radius 2 is 2.10 bits per heavy atom. The molecule has 0 bridgehead atoms. The van der Waals surface area contributed by atoms with E-state index >= 15 is 0 Å². The standard InChI is InChI=1S/C17H26N2O2/c1-13(19-9-8-18-11-17(19,2)3)4-5-14-6-7-15-16(10-14)21-12-20-15/h6-7,10,13,18H,4-5,8-9,11-12H2,1-3H3. The van der Waals surface area contributed by atoms with Gasteiger partial charge in [-0.1, -0.05) is 6.07 Å². The van der Waals surface area contributed by atoms with Crippen molar-refractivity contribution in [3.63, 3.8) is 0 Å². The summed E-state index contributed by atoms with van der Waals surface area (Å²) < 4.78 is 10.8. The van der Waals surface area contributed by atoms with Crippen LogP contribution in [0.4, 0.5) is 0 Å². The number of nitrogens with zero attached hydrogens (tertiary/aromatic N) is 1. The summed E-state index contributed by atoms with van der Waals surface area (Å²) in [6.07, 6.45) is 2.25. The molecule has 1 aromatic carbocycles. The van der Waals surface area contributed by atoms with E-state index in [-0.39, 0.29) is 5.54 Å². The summed E-state index contributed by atoms with van der Waals surface area (Å²) in [6, 6.07) is 6.89. The molecule has 1 atom stereocenters. The molecule has 0 amide bonds. The van der Waals surface area contributed by atoms with Gasteiger partial charge in [-0.25, -0.2) is 0 Å². The molecular weight excluding hydrogens is 264 g/mol. The molecule has 0 aliphatic carbocycles. The predicted molar refractivity (Wildman–Crippen MR) is 84.0 cm³/mol. The largest absolute Gasteiger partial charge is 0.454 e. The van der Waals surface area contributed by atoms with Crippen LogP contribution in [0.2, 0.25) is 0 Å². The van der Waals surface area contributed by atoms with Crippen molar-refractivity contribution in [3.05, 3.63) is 23.8 Å². The molecule has 4 heteroatoms. The Morgan fingerprint density at radius 1 is 1.29 bits per heavy atom. The van der Waals surface area contributed by atoms with Crippen molar-refractivity contribution in [2.45, 2.75) is 45.2 Å². The normalized spacial score (nSPS) is 22.2. The molecule has 2 aliphatic heterocycles. The Morgan fingerprint density at radius 3 is 2.90 bits per heavy atom. The maximum absolute atomic E-state index is 5.45. The first kappa shape index (κ1) is 14.7. The topological polar surface area (TPSA) is 33.7 Å². The maximum Gasteiger partial charge on any atom is 0.231 e. The van der Waals surface area contributed by atoms with Crippen molar-refractivity contribution in [2.75, 3.05) is 26.4 Å². The van der Waals surface area contributed by atoms with Crippen LogP contribution < -0.4 is 14.8 Å². The summed E-state index contributed by atoms with van der Waals surface area (Å²) in [5, 5.41) is 3.49. The van der Waals surface area contributed by atoms with E-state index in [1.807, 2.05) is 6.07 Å². The van der Waals surface area contributed by atoms with Crippen LogP contribution in [0.15, 0.2) is 18.2 Å². The quantitative estimate of drug-likeness (QED) is 0.923. The first-order chi connectivity index (χ1) is 10.1. The summed E-state index contributed by atoms with van der Waals surface area (Å²) in [4.78, 5) is 2.64. The van der Waals surface area contributed by atoms with E-state index in [2.05, 4.69) is 43.1 Å². The van der Waals surface area contributed by atoms with Crippen LogP contribution in [0.1, 0.15) is 32.8 Å². The highest BCUT2D eigenvalue weighted by atomic mass is 16.7. The number of nitrogens with one attached hydrogen (secondary N) is 1. The van der Waals surface area contributed by atoms with Crippen LogP contribution in [0.25, 0.3) is 0 Å². The number of fused-ring (bicyclic) bond motifs is 1. The lowest BCUT2D eigenvalue weighted by Gasteiger charge is -2.46. The smallest absolute Gasteiger partial charge is 0.231 e. The SMILES string of the molecule is CC(CCc1ccc2c(c1)OCO2)N1CCNCC1(C)C. The van der Waals surface area contributed by atoms with Gasteiger partial charge in [-0.2, -0.15) is 0 Å². The number of ether oxygens (including phenoxy) is 2. The fourth-order valence-electron chi connectivity index (χ4n) is 3.44. The Bertz CT molecular complexity index is 502. The van der Waals surface area contributed by atoms with Crippen LogP contribution in [-0.4, -0.2) is 42.9 Å². The predicted octanol–water partition coefficient (Wildman–Crippen LogP) is 2.42. The van der Waals surface area contributed by atoms with Gasteiger partial charge in [0.2, 0.25) is 6.79 Å². The van der Waals surface area contributed by atoms with Crippen molar-refractivity contribution >= 4 is 0 Å². The fourth-order valence-corrected chi connectivity index (χ4v) is 3.44. The number of aryl methyl sites for hydroxylation is 1. The van der Waals surface area contributed by atoms with Crippen LogP contribution in [0.5, 0.6) is 11.5 Å². The van der Waals surface area contributed by atoms with E-state index in [9.17, 15) is 0 Å². The number of benzene rings is 1. The number of piperazine rings is 1. The molecule has 21 heavy (non-hydrogen) atoms. The fraction of sp³-hybridized carbons (Fsp3) is 0.647. The Labute approximate surface area is 127 Å². The van der Waals surface area contributed by atoms with E-state index in [0.29, 0.717) is 12.8 Å². The molecule has 1 aromatic rings. The minimum absolute atomic E-state index is 0.243. The van der Waals surface area contributed by atoms with E-state index in [0.717, 1.165) is 37.6 Å². The highest BCUT2D eigenvalue weighted by molar-refractivity contribution is 5.44. The van der Waals surface area contributed by atoms with Gasteiger partial charge in [-0.05, 0) is 51.3 Å². The van der Waals surface area contributed by atoms with E-state index < -0.39 is 0 Å². The second-order valence-corrected chi connectivity index (χ2v) is 6.76. The molecule has 116 valence electrons. The lowest BCUT2D eigenvalue weighted by atomic mass is 9.95. The monoisotopic (exact) mass is 290 g/mol. The molecule has 0 radical (unpaired) electrons. The van der Waals surface area contributed by atoms with Crippen LogP contribution >= 0.6 is 0 Å². The molecule has 0 saturated carbocycles. The first-order valence-electron chi connectivity index (χ1n) is 7.92. The molecule has 1 fully saturated rings. The summed E-state index contributed by atoms with van der Waals surface area (Å²) in [7, 11) is 0. The van der Waals surface area contributed by atoms with Crippen molar-refractivity contribution in [2.24, 2.45) is 0 Å². The Kier molecular flexibility index (Phi) is 4.09. The van der Waals surface area contributed by atoms with Gasteiger partial charge in [0.15, 0.2) is 11.5 Å². The van der Waals surface area contributed by atoms with Crippen molar-refractivity contribution in [1.29, 1.82) is 0 Å². The summed E-state index contributed by atoms with van der Waals surface area (Å²) in [5.41, 5.74) is 1.58. The number of rotatable bonds is 4.